The highest BCUT2D eigenvalue weighted by molar-refractivity contribution is 5.42. The van der Waals surface area contributed by atoms with Crippen molar-refractivity contribution in [1.82, 2.24) is 5.32 Å². The summed E-state index contributed by atoms with van der Waals surface area (Å²) in [5.41, 5.74) is 1.18. The first kappa shape index (κ1) is 15.8. The van der Waals surface area contributed by atoms with Gasteiger partial charge in [0.15, 0.2) is 11.5 Å². The van der Waals surface area contributed by atoms with Gasteiger partial charge in [-0.3, -0.25) is 0 Å². The van der Waals surface area contributed by atoms with E-state index < -0.39 is 0 Å². The lowest BCUT2D eigenvalue weighted by Gasteiger charge is -2.17. The number of methoxy groups -OCH3 is 1. The lowest BCUT2D eigenvalue weighted by Crippen LogP contribution is -2.29. The van der Waals surface area contributed by atoms with Crippen molar-refractivity contribution < 1.29 is 9.47 Å². The lowest BCUT2D eigenvalue weighted by molar-refractivity contribution is 0.207. The number of rotatable bonds is 9. The van der Waals surface area contributed by atoms with Crippen LogP contribution in [0.15, 0.2) is 18.2 Å². The van der Waals surface area contributed by atoms with E-state index in [1.807, 2.05) is 25.1 Å². The summed E-state index contributed by atoms with van der Waals surface area (Å²) in [6.45, 7) is 8.26. The molecule has 19 heavy (non-hydrogen) atoms. The van der Waals surface area contributed by atoms with Crippen LogP contribution in [0.3, 0.4) is 0 Å². The fourth-order valence-corrected chi connectivity index (χ4v) is 1.94. The third kappa shape index (κ3) is 5.97. The van der Waals surface area contributed by atoms with Crippen molar-refractivity contribution >= 4 is 0 Å². The van der Waals surface area contributed by atoms with Gasteiger partial charge in [0.1, 0.15) is 6.10 Å². The second-order valence-electron chi connectivity index (χ2n) is 4.99. The summed E-state index contributed by atoms with van der Waals surface area (Å²) < 4.78 is 11.2. The molecule has 0 radical (unpaired) electrons. The normalized spacial score (nSPS) is 12.2. The number of ether oxygens (including phenoxy) is 2. The highest BCUT2D eigenvalue weighted by Gasteiger charge is 2.08. The molecular formula is C16H27NO2. The standard InChI is InChI=1S/C16H27NO2/c1-5-6-7-10-17-12-14(3)19-15-9-8-13(2)11-16(15)18-4/h8-9,11,14,17H,5-7,10,12H2,1-4H3. The Morgan fingerprint density at radius 2 is 2.00 bits per heavy atom. The Labute approximate surface area is 117 Å². The molecule has 0 heterocycles. The van der Waals surface area contributed by atoms with E-state index in [0.29, 0.717) is 0 Å². The van der Waals surface area contributed by atoms with Crippen LogP contribution in [0.4, 0.5) is 0 Å². The molecule has 108 valence electrons. The molecule has 0 aromatic heterocycles. The summed E-state index contributed by atoms with van der Waals surface area (Å²) in [5.74, 6) is 1.62. The molecule has 1 aromatic carbocycles. The number of benzene rings is 1. The molecule has 0 aliphatic rings. The molecule has 0 fully saturated rings. The molecule has 1 N–H and O–H groups in total. The van der Waals surface area contributed by atoms with E-state index in [9.17, 15) is 0 Å². The number of unbranched alkanes of at least 4 members (excludes halogenated alkanes) is 2. The molecule has 0 saturated carbocycles. The molecular weight excluding hydrogens is 238 g/mol. The molecule has 1 atom stereocenters. The van der Waals surface area contributed by atoms with Crippen LogP contribution < -0.4 is 14.8 Å². The van der Waals surface area contributed by atoms with E-state index in [1.54, 1.807) is 7.11 Å². The minimum Gasteiger partial charge on any atom is -0.493 e. The van der Waals surface area contributed by atoms with Crippen LogP contribution >= 0.6 is 0 Å². The van der Waals surface area contributed by atoms with Gasteiger partial charge in [-0.2, -0.15) is 0 Å². The minimum absolute atomic E-state index is 0.137. The molecule has 0 spiro atoms. The molecule has 0 amide bonds. The first-order valence-electron chi connectivity index (χ1n) is 7.19. The van der Waals surface area contributed by atoms with Gasteiger partial charge in [0.2, 0.25) is 0 Å². The van der Waals surface area contributed by atoms with Crippen molar-refractivity contribution in [3.63, 3.8) is 0 Å². The summed E-state index contributed by atoms with van der Waals surface area (Å²) in [6.07, 6.45) is 3.91. The molecule has 1 aromatic rings. The number of nitrogens with one attached hydrogen (secondary N) is 1. The van der Waals surface area contributed by atoms with Crippen LogP contribution in [0, 0.1) is 6.92 Å². The predicted octanol–water partition coefficient (Wildman–Crippen LogP) is 3.55. The van der Waals surface area contributed by atoms with Crippen LogP contribution in [-0.2, 0) is 0 Å². The number of hydrogen-bond acceptors (Lipinski definition) is 3. The largest absolute Gasteiger partial charge is 0.493 e. The zero-order valence-corrected chi connectivity index (χ0v) is 12.7. The Morgan fingerprint density at radius 1 is 1.21 bits per heavy atom. The Kier molecular flexibility index (Phi) is 7.34. The van der Waals surface area contributed by atoms with Crippen molar-refractivity contribution in [2.45, 2.75) is 46.1 Å². The highest BCUT2D eigenvalue weighted by Crippen LogP contribution is 2.28. The van der Waals surface area contributed by atoms with Crippen molar-refractivity contribution in [3.8, 4) is 11.5 Å². The maximum absolute atomic E-state index is 5.91. The summed E-state index contributed by atoms with van der Waals surface area (Å²) in [4.78, 5) is 0. The van der Waals surface area contributed by atoms with Crippen LogP contribution in [0.2, 0.25) is 0 Å². The maximum atomic E-state index is 5.91. The van der Waals surface area contributed by atoms with E-state index >= 15 is 0 Å². The maximum Gasteiger partial charge on any atom is 0.161 e. The van der Waals surface area contributed by atoms with Gasteiger partial charge >= 0.3 is 0 Å². The second kappa shape index (κ2) is 8.81. The zero-order chi connectivity index (χ0) is 14.1. The van der Waals surface area contributed by atoms with Gasteiger partial charge in [0.25, 0.3) is 0 Å². The summed E-state index contributed by atoms with van der Waals surface area (Å²) in [7, 11) is 1.68. The fourth-order valence-electron chi connectivity index (χ4n) is 1.94. The number of aryl methyl sites for hydroxylation is 1. The molecule has 3 nitrogen and oxygen atoms in total. The van der Waals surface area contributed by atoms with E-state index in [1.165, 1.54) is 24.8 Å². The first-order chi connectivity index (χ1) is 9.17. The second-order valence-corrected chi connectivity index (χ2v) is 4.99. The van der Waals surface area contributed by atoms with Crippen molar-refractivity contribution in [3.05, 3.63) is 23.8 Å². The Hall–Kier alpha value is -1.22. The number of hydrogen-bond donors (Lipinski definition) is 1. The molecule has 0 bridgehead atoms. The first-order valence-corrected chi connectivity index (χ1v) is 7.19. The third-order valence-corrected chi connectivity index (χ3v) is 3.04. The Balaban J connectivity index is 2.37. The minimum atomic E-state index is 0.137. The molecule has 3 heteroatoms. The summed E-state index contributed by atoms with van der Waals surface area (Å²) in [6, 6.07) is 6.01. The highest BCUT2D eigenvalue weighted by atomic mass is 16.5. The van der Waals surface area contributed by atoms with Gasteiger partial charge in [-0.15, -0.1) is 0 Å². The van der Waals surface area contributed by atoms with Gasteiger partial charge in [0.05, 0.1) is 7.11 Å². The summed E-state index contributed by atoms with van der Waals surface area (Å²) >= 11 is 0. The SMILES string of the molecule is CCCCCNCC(C)Oc1ccc(C)cc1OC. The smallest absolute Gasteiger partial charge is 0.161 e. The molecule has 1 unspecified atom stereocenters. The Bertz CT molecular complexity index is 366. The van der Waals surface area contributed by atoms with Gasteiger partial charge in [-0.05, 0) is 44.5 Å². The zero-order valence-electron chi connectivity index (χ0n) is 12.7. The lowest BCUT2D eigenvalue weighted by atomic mass is 10.2. The molecule has 1 rings (SSSR count). The van der Waals surface area contributed by atoms with Crippen molar-refractivity contribution in [2.75, 3.05) is 20.2 Å². The molecule has 0 saturated heterocycles. The topological polar surface area (TPSA) is 30.5 Å². The van der Waals surface area contributed by atoms with E-state index in [2.05, 4.69) is 19.2 Å². The Morgan fingerprint density at radius 3 is 2.68 bits per heavy atom. The van der Waals surface area contributed by atoms with Crippen LogP contribution in [-0.4, -0.2) is 26.3 Å². The van der Waals surface area contributed by atoms with E-state index in [-0.39, 0.29) is 6.10 Å². The average molecular weight is 265 g/mol. The van der Waals surface area contributed by atoms with Crippen molar-refractivity contribution in [1.29, 1.82) is 0 Å². The van der Waals surface area contributed by atoms with E-state index in [4.69, 9.17) is 9.47 Å². The van der Waals surface area contributed by atoms with Crippen LogP contribution in [0.25, 0.3) is 0 Å². The van der Waals surface area contributed by atoms with Gasteiger partial charge in [0, 0.05) is 6.54 Å². The average Bonchev–Trinajstić information content (AvgIpc) is 2.40. The van der Waals surface area contributed by atoms with Gasteiger partial charge in [-0.25, -0.2) is 0 Å². The van der Waals surface area contributed by atoms with Gasteiger partial charge in [-0.1, -0.05) is 25.8 Å². The fraction of sp³-hybridized carbons (Fsp3) is 0.625. The quantitative estimate of drug-likeness (QED) is 0.693. The van der Waals surface area contributed by atoms with Gasteiger partial charge < -0.3 is 14.8 Å². The van der Waals surface area contributed by atoms with Crippen LogP contribution in [0.1, 0.15) is 38.7 Å². The third-order valence-electron chi connectivity index (χ3n) is 3.04. The monoisotopic (exact) mass is 265 g/mol. The van der Waals surface area contributed by atoms with E-state index in [0.717, 1.165) is 24.6 Å². The molecule has 0 aliphatic heterocycles. The van der Waals surface area contributed by atoms with Crippen molar-refractivity contribution in [2.24, 2.45) is 0 Å². The van der Waals surface area contributed by atoms with Crippen LogP contribution in [0.5, 0.6) is 11.5 Å². The molecule has 0 aliphatic carbocycles. The predicted molar refractivity (Wildman–Crippen MR) is 80.2 cm³/mol. The summed E-state index contributed by atoms with van der Waals surface area (Å²) in [5, 5.41) is 3.42.